The van der Waals surface area contributed by atoms with E-state index < -0.39 is 15.8 Å². The van der Waals surface area contributed by atoms with Crippen molar-refractivity contribution in [2.24, 2.45) is 0 Å². The minimum absolute atomic E-state index is 0.0938. The van der Waals surface area contributed by atoms with Crippen molar-refractivity contribution >= 4 is 21.6 Å². The van der Waals surface area contributed by atoms with Gasteiger partial charge in [0, 0.05) is 37.8 Å². The molecule has 5 rings (SSSR count). The van der Waals surface area contributed by atoms with E-state index >= 15 is 0 Å². The Bertz CT molecular complexity index is 1320. The molecule has 1 aliphatic rings. The zero-order valence-electron chi connectivity index (χ0n) is 16.5. The van der Waals surface area contributed by atoms with Gasteiger partial charge in [-0.05, 0) is 24.3 Å². The predicted molar refractivity (Wildman–Crippen MR) is 114 cm³/mol. The van der Waals surface area contributed by atoms with E-state index in [1.807, 2.05) is 36.4 Å². The number of halogens is 1. The Balaban J connectivity index is 1.42. The summed E-state index contributed by atoms with van der Waals surface area (Å²) < 4.78 is 42.1. The number of piperazine rings is 1. The van der Waals surface area contributed by atoms with Gasteiger partial charge in [0.1, 0.15) is 18.0 Å². The van der Waals surface area contributed by atoms with E-state index in [2.05, 4.69) is 20.0 Å². The fourth-order valence-corrected chi connectivity index (χ4v) is 5.11. The zero-order chi connectivity index (χ0) is 21.4. The topological polar surface area (TPSA) is 83.7 Å². The summed E-state index contributed by atoms with van der Waals surface area (Å²) >= 11 is 0. The van der Waals surface area contributed by atoms with E-state index in [0.717, 1.165) is 29.2 Å². The predicted octanol–water partition coefficient (Wildman–Crippen LogP) is 2.44. The van der Waals surface area contributed by atoms with Gasteiger partial charge in [-0.2, -0.15) is 18.9 Å². The molecule has 0 atom stereocenters. The number of hydrogen-bond acceptors (Lipinski definition) is 6. The molecule has 2 aromatic carbocycles. The third kappa shape index (κ3) is 3.64. The van der Waals surface area contributed by atoms with Crippen LogP contribution in [0.4, 0.5) is 10.2 Å². The lowest BCUT2D eigenvalue weighted by Crippen LogP contribution is -2.49. The minimum Gasteiger partial charge on any atom is -0.354 e. The summed E-state index contributed by atoms with van der Waals surface area (Å²) in [6.07, 6.45) is 1.45. The van der Waals surface area contributed by atoms with Crippen LogP contribution < -0.4 is 4.90 Å². The number of rotatable bonds is 4. The quantitative estimate of drug-likeness (QED) is 0.487. The summed E-state index contributed by atoms with van der Waals surface area (Å²) in [5.74, 6) is 0.824. The highest BCUT2D eigenvalue weighted by molar-refractivity contribution is 7.89. The van der Waals surface area contributed by atoms with Crippen molar-refractivity contribution < 1.29 is 12.8 Å². The van der Waals surface area contributed by atoms with Crippen LogP contribution in [0.2, 0.25) is 0 Å². The van der Waals surface area contributed by atoms with E-state index in [4.69, 9.17) is 0 Å². The molecule has 158 valence electrons. The van der Waals surface area contributed by atoms with Gasteiger partial charge >= 0.3 is 0 Å². The Morgan fingerprint density at radius 2 is 1.61 bits per heavy atom. The molecule has 3 heterocycles. The van der Waals surface area contributed by atoms with Gasteiger partial charge < -0.3 is 4.90 Å². The molecule has 1 fully saturated rings. The number of fused-ring (bicyclic) bond motifs is 1. The molecule has 0 amide bonds. The van der Waals surface area contributed by atoms with Crippen LogP contribution in [0, 0.1) is 5.82 Å². The molecule has 0 radical (unpaired) electrons. The molecule has 2 aromatic heterocycles. The number of nitrogens with zero attached hydrogens (tertiary/aromatic N) is 6. The van der Waals surface area contributed by atoms with Crippen molar-refractivity contribution in [2.75, 3.05) is 31.1 Å². The van der Waals surface area contributed by atoms with Gasteiger partial charge in [-0.1, -0.05) is 30.3 Å². The van der Waals surface area contributed by atoms with E-state index in [1.54, 1.807) is 4.52 Å². The van der Waals surface area contributed by atoms with E-state index in [9.17, 15) is 12.8 Å². The molecule has 0 spiro atoms. The molecule has 4 aromatic rings. The third-order valence-corrected chi connectivity index (χ3v) is 7.23. The molecule has 0 unspecified atom stereocenters. The van der Waals surface area contributed by atoms with Crippen LogP contribution in [0.3, 0.4) is 0 Å². The maximum absolute atomic E-state index is 13.2. The second-order valence-electron chi connectivity index (χ2n) is 7.18. The molecular weight excluding hydrogens is 419 g/mol. The van der Waals surface area contributed by atoms with Gasteiger partial charge in [-0.3, -0.25) is 0 Å². The molecule has 0 bridgehead atoms. The second-order valence-corrected chi connectivity index (χ2v) is 9.12. The maximum atomic E-state index is 13.2. The Morgan fingerprint density at radius 3 is 2.32 bits per heavy atom. The van der Waals surface area contributed by atoms with Crippen molar-refractivity contribution in [1.29, 1.82) is 0 Å². The van der Waals surface area contributed by atoms with Crippen LogP contribution in [0.25, 0.3) is 17.0 Å². The van der Waals surface area contributed by atoms with Gasteiger partial charge in [0.2, 0.25) is 10.0 Å². The van der Waals surface area contributed by atoms with Crippen molar-refractivity contribution in [3.05, 3.63) is 72.8 Å². The first-order chi connectivity index (χ1) is 15.0. The summed E-state index contributed by atoms with van der Waals surface area (Å²) in [7, 11) is -3.67. The molecule has 0 aliphatic carbocycles. The number of aromatic nitrogens is 4. The fraction of sp³-hybridized carbons (Fsp3) is 0.190. The lowest BCUT2D eigenvalue weighted by atomic mass is 10.1. The fourth-order valence-electron chi connectivity index (χ4n) is 3.69. The number of hydrogen-bond donors (Lipinski definition) is 0. The Kier molecular flexibility index (Phi) is 4.87. The van der Waals surface area contributed by atoms with Crippen molar-refractivity contribution in [3.63, 3.8) is 0 Å². The summed E-state index contributed by atoms with van der Waals surface area (Å²) in [5, 5.41) is 4.29. The second kappa shape index (κ2) is 7.71. The lowest BCUT2D eigenvalue weighted by molar-refractivity contribution is 0.383. The summed E-state index contributed by atoms with van der Waals surface area (Å²) in [4.78, 5) is 11.0. The van der Waals surface area contributed by atoms with Gasteiger partial charge in [0.05, 0.1) is 10.6 Å². The molecule has 0 saturated carbocycles. The molecule has 1 aliphatic heterocycles. The average Bonchev–Trinajstić information content (AvgIpc) is 3.28. The van der Waals surface area contributed by atoms with Gasteiger partial charge in [0.25, 0.3) is 5.78 Å². The number of anilines is 1. The van der Waals surface area contributed by atoms with Crippen molar-refractivity contribution in [2.45, 2.75) is 4.90 Å². The standard InChI is InChI=1S/C21H19FN6O2S/c22-17-6-8-18(9-7-17)31(29,30)27-12-10-26(11-13-27)20-14-19(16-4-2-1-3-5-16)25-21-23-15-24-28(20)21/h1-9,14-15H,10-13H2. The lowest BCUT2D eigenvalue weighted by Gasteiger charge is -2.35. The number of sulfonamides is 1. The molecule has 10 heteroatoms. The highest BCUT2D eigenvalue weighted by Gasteiger charge is 2.29. The minimum atomic E-state index is -3.67. The van der Waals surface area contributed by atoms with Crippen LogP contribution in [0.15, 0.2) is 71.9 Å². The Hall–Kier alpha value is -3.37. The average molecular weight is 438 g/mol. The summed E-state index contributed by atoms with van der Waals surface area (Å²) in [6.45, 7) is 1.57. The normalized spacial score (nSPS) is 15.5. The number of benzene rings is 2. The largest absolute Gasteiger partial charge is 0.354 e. The van der Waals surface area contributed by atoms with Crippen LogP contribution in [0.5, 0.6) is 0 Å². The summed E-state index contributed by atoms with van der Waals surface area (Å²) in [6, 6.07) is 16.7. The molecule has 31 heavy (non-hydrogen) atoms. The summed E-state index contributed by atoms with van der Waals surface area (Å²) in [5.41, 5.74) is 1.74. The van der Waals surface area contributed by atoms with E-state index in [1.165, 1.54) is 22.8 Å². The first-order valence-corrected chi connectivity index (χ1v) is 11.2. The van der Waals surface area contributed by atoms with E-state index in [0.29, 0.717) is 32.0 Å². The first-order valence-electron chi connectivity index (χ1n) is 9.79. The van der Waals surface area contributed by atoms with Gasteiger partial charge in [-0.25, -0.2) is 17.8 Å². The highest BCUT2D eigenvalue weighted by atomic mass is 32.2. The van der Waals surface area contributed by atoms with Crippen LogP contribution in [0.1, 0.15) is 0 Å². The maximum Gasteiger partial charge on any atom is 0.254 e. The first kappa shape index (κ1) is 19.6. The monoisotopic (exact) mass is 438 g/mol. The third-order valence-electron chi connectivity index (χ3n) is 5.32. The van der Waals surface area contributed by atoms with Gasteiger partial charge in [0.15, 0.2) is 0 Å². The van der Waals surface area contributed by atoms with Crippen molar-refractivity contribution in [1.82, 2.24) is 23.9 Å². The Labute approximate surface area is 178 Å². The Morgan fingerprint density at radius 1 is 0.903 bits per heavy atom. The SMILES string of the molecule is O=S(=O)(c1ccc(F)cc1)N1CCN(c2cc(-c3ccccc3)nc3ncnn23)CC1. The molecule has 1 saturated heterocycles. The van der Waals surface area contributed by atoms with Gasteiger partial charge in [-0.15, -0.1) is 0 Å². The smallest absolute Gasteiger partial charge is 0.254 e. The molecule has 0 N–H and O–H groups in total. The highest BCUT2D eigenvalue weighted by Crippen LogP contribution is 2.26. The molecule has 8 nitrogen and oxygen atoms in total. The van der Waals surface area contributed by atoms with E-state index in [-0.39, 0.29) is 4.90 Å². The van der Waals surface area contributed by atoms with Crippen LogP contribution >= 0.6 is 0 Å². The van der Waals surface area contributed by atoms with Crippen LogP contribution in [-0.2, 0) is 10.0 Å². The van der Waals surface area contributed by atoms with Crippen LogP contribution in [-0.4, -0.2) is 58.5 Å². The molecular formula is C21H19FN6O2S. The van der Waals surface area contributed by atoms with Crippen molar-refractivity contribution in [3.8, 4) is 11.3 Å². The zero-order valence-corrected chi connectivity index (χ0v) is 17.3.